The van der Waals surface area contributed by atoms with Gasteiger partial charge in [0.15, 0.2) is 0 Å². The summed E-state index contributed by atoms with van der Waals surface area (Å²) in [6.07, 6.45) is 5.44. The molecule has 0 aliphatic carbocycles. The summed E-state index contributed by atoms with van der Waals surface area (Å²) in [5, 5.41) is 2.99. The van der Waals surface area contributed by atoms with Crippen molar-refractivity contribution in [2.75, 3.05) is 24.7 Å². The average molecular weight is 332 g/mol. The summed E-state index contributed by atoms with van der Waals surface area (Å²) >= 11 is 1.71. The van der Waals surface area contributed by atoms with Gasteiger partial charge >= 0.3 is 0 Å². The maximum atomic E-state index is 12.5. The van der Waals surface area contributed by atoms with Crippen LogP contribution in [-0.4, -0.2) is 37.5 Å². The van der Waals surface area contributed by atoms with Gasteiger partial charge < -0.3 is 5.32 Å². The predicted octanol–water partition coefficient (Wildman–Crippen LogP) is 2.71. The fraction of sp³-hybridized carbons (Fsp3) is 0.643. The maximum absolute atomic E-state index is 12.5. The van der Waals surface area contributed by atoms with Crippen molar-refractivity contribution in [1.82, 2.24) is 9.71 Å². The van der Waals surface area contributed by atoms with Crippen LogP contribution in [0.1, 0.15) is 33.6 Å². The Morgan fingerprint density at radius 2 is 1.95 bits per heavy atom. The summed E-state index contributed by atoms with van der Waals surface area (Å²) in [5.74, 6) is 0.398. The quantitative estimate of drug-likeness (QED) is 0.728. The van der Waals surface area contributed by atoms with E-state index in [4.69, 9.17) is 0 Å². The van der Waals surface area contributed by atoms with Gasteiger partial charge in [-0.1, -0.05) is 13.8 Å². The lowest BCUT2D eigenvalue weighted by molar-refractivity contribution is 0.522. The van der Waals surface area contributed by atoms with Crippen molar-refractivity contribution >= 4 is 27.6 Å². The molecule has 5 nitrogen and oxygen atoms in total. The second kappa shape index (κ2) is 8.00. The van der Waals surface area contributed by atoms with Crippen molar-refractivity contribution in [2.45, 2.75) is 43.3 Å². The molecule has 0 fully saturated rings. The molecule has 1 aromatic rings. The highest BCUT2D eigenvalue weighted by molar-refractivity contribution is 8.00. The highest BCUT2D eigenvalue weighted by Gasteiger charge is 2.28. The van der Waals surface area contributed by atoms with Crippen LogP contribution in [0.2, 0.25) is 0 Å². The highest BCUT2D eigenvalue weighted by atomic mass is 32.2. The minimum Gasteiger partial charge on any atom is -0.369 e. The van der Waals surface area contributed by atoms with Gasteiger partial charge in [-0.05, 0) is 38.2 Å². The molecular weight excluding hydrogens is 306 g/mol. The fourth-order valence-corrected chi connectivity index (χ4v) is 4.22. The molecule has 120 valence electrons. The largest absolute Gasteiger partial charge is 0.369 e. The lowest BCUT2D eigenvalue weighted by atomic mass is 10.0. The molecule has 2 N–H and O–H groups in total. The van der Waals surface area contributed by atoms with E-state index in [1.165, 1.54) is 0 Å². The molecule has 0 bridgehead atoms. The highest BCUT2D eigenvalue weighted by Crippen LogP contribution is 2.30. The van der Waals surface area contributed by atoms with E-state index in [2.05, 4.69) is 28.9 Å². The molecule has 7 heteroatoms. The summed E-state index contributed by atoms with van der Waals surface area (Å²) in [7, 11) is -3.56. The molecule has 0 saturated carbocycles. The van der Waals surface area contributed by atoms with E-state index in [1.807, 2.05) is 13.2 Å². The number of anilines is 1. The van der Waals surface area contributed by atoms with Crippen LogP contribution in [0.15, 0.2) is 23.2 Å². The molecule has 0 aliphatic rings. The number of nitrogens with zero attached hydrogens (tertiary/aromatic N) is 1. The molecule has 0 unspecified atom stereocenters. The van der Waals surface area contributed by atoms with E-state index in [-0.39, 0.29) is 9.64 Å². The first-order valence-corrected chi connectivity index (χ1v) is 9.89. The number of hydrogen-bond acceptors (Lipinski definition) is 5. The van der Waals surface area contributed by atoms with Crippen LogP contribution in [0.4, 0.5) is 5.82 Å². The fourth-order valence-electron chi connectivity index (χ4n) is 2.07. The van der Waals surface area contributed by atoms with Gasteiger partial charge in [0, 0.05) is 24.0 Å². The first kappa shape index (κ1) is 18.3. The van der Waals surface area contributed by atoms with Crippen LogP contribution in [0.25, 0.3) is 0 Å². The van der Waals surface area contributed by atoms with Crippen molar-refractivity contribution in [3.63, 3.8) is 0 Å². The number of nitrogens with one attached hydrogen (secondary N) is 2. The van der Waals surface area contributed by atoms with Crippen LogP contribution in [-0.2, 0) is 10.0 Å². The van der Waals surface area contributed by atoms with Gasteiger partial charge in [-0.3, -0.25) is 0 Å². The molecule has 1 rings (SSSR count). The zero-order chi connectivity index (χ0) is 15.9. The average Bonchev–Trinajstić information content (AvgIpc) is 2.50. The summed E-state index contributed by atoms with van der Waals surface area (Å²) in [4.78, 5) is 4.31. The summed E-state index contributed by atoms with van der Waals surface area (Å²) in [6, 6.07) is 3.21. The Labute approximate surface area is 132 Å². The van der Waals surface area contributed by atoms with Gasteiger partial charge in [-0.2, -0.15) is 11.8 Å². The van der Waals surface area contributed by atoms with Crippen molar-refractivity contribution in [3.8, 4) is 0 Å². The van der Waals surface area contributed by atoms with Gasteiger partial charge in [0.25, 0.3) is 0 Å². The monoisotopic (exact) mass is 331 g/mol. The zero-order valence-electron chi connectivity index (χ0n) is 13.1. The van der Waals surface area contributed by atoms with Gasteiger partial charge in [0.05, 0.1) is 0 Å². The van der Waals surface area contributed by atoms with Gasteiger partial charge in [0.2, 0.25) is 10.0 Å². The van der Waals surface area contributed by atoms with E-state index in [9.17, 15) is 8.42 Å². The normalized spacial score (nSPS) is 12.4. The van der Waals surface area contributed by atoms with E-state index in [0.29, 0.717) is 18.9 Å². The summed E-state index contributed by atoms with van der Waals surface area (Å²) in [6.45, 7) is 7.12. The predicted molar refractivity (Wildman–Crippen MR) is 90.4 cm³/mol. The molecule has 0 amide bonds. The van der Waals surface area contributed by atoms with Crippen LogP contribution >= 0.6 is 11.8 Å². The second-order valence-corrected chi connectivity index (χ2v) is 7.81. The first-order chi connectivity index (χ1) is 9.94. The Bertz CT molecular complexity index is 535. The van der Waals surface area contributed by atoms with Gasteiger partial charge in [-0.15, -0.1) is 0 Å². The third kappa shape index (κ3) is 4.59. The number of aromatic nitrogens is 1. The summed E-state index contributed by atoms with van der Waals surface area (Å²) < 4.78 is 27.7. The van der Waals surface area contributed by atoms with Crippen LogP contribution in [0, 0.1) is 0 Å². The summed E-state index contributed by atoms with van der Waals surface area (Å²) in [5.41, 5.74) is 0. The van der Waals surface area contributed by atoms with E-state index >= 15 is 0 Å². The molecule has 0 aliphatic heterocycles. The standard InChI is InChI=1S/C14H25N3O2S2/c1-5-14(6-2,20-4)11-17-21(18,19)12-9-8-10-16-13(12)15-7-3/h8-10,17H,5-7,11H2,1-4H3,(H,15,16). The van der Waals surface area contributed by atoms with Crippen LogP contribution in [0.3, 0.4) is 0 Å². The van der Waals surface area contributed by atoms with E-state index in [0.717, 1.165) is 12.8 Å². The zero-order valence-corrected chi connectivity index (χ0v) is 14.8. The topological polar surface area (TPSA) is 71.1 Å². The van der Waals surface area contributed by atoms with Crippen LogP contribution < -0.4 is 10.0 Å². The molecule has 0 atom stereocenters. The molecular formula is C14H25N3O2S2. The lowest BCUT2D eigenvalue weighted by Crippen LogP contribution is -2.39. The molecule has 21 heavy (non-hydrogen) atoms. The second-order valence-electron chi connectivity index (χ2n) is 4.80. The number of hydrogen-bond donors (Lipinski definition) is 2. The van der Waals surface area contributed by atoms with Crippen molar-refractivity contribution in [1.29, 1.82) is 0 Å². The third-order valence-corrected chi connectivity index (χ3v) is 6.73. The molecule has 0 radical (unpaired) electrons. The van der Waals surface area contributed by atoms with E-state index in [1.54, 1.807) is 30.1 Å². The SMILES string of the molecule is CCNc1ncccc1S(=O)(=O)NCC(CC)(CC)SC. The van der Waals surface area contributed by atoms with Crippen molar-refractivity contribution in [2.24, 2.45) is 0 Å². The number of rotatable bonds is 9. The van der Waals surface area contributed by atoms with Crippen molar-refractivity contribution in [3.05, 3.63) is 18.3 Å². The van der Waals surface area contributed by atoms with Gasteiger partial charge in [-0.25, -0.2) is 18.1 Å². The first-order valence-electron chi connectivity index (χ1n) is 7.18. The minimum absolute atomic E-state index is 0.0619. The lowest BCUT2D eigenvalue weighted by Gasteiger charge is -2.29. The molecule has 0 spiro atoms. The smallest absolute Gasteiger partial charge is 0.244 e. The maximum Gasteiger partial charge on any atom is 0.244 e. The Morgan fingerprint density at radius 1 is 1.29 bits per heavy atom. The third-order valence-electron chi connectivity index (χ3n) is 3.71. The number of sulfonamides is 1. The number of thioether (sulfide) groups is 1. The minimum atomic E-state index is -3.56. The Hall–Kier alpha value is -0.790. The van der Waals surface area contributed by atoms with E-state index < -0.39 is 10.0 Å². The Kier molecular flexibility index (Phi) is 6.96. The number of pyridine rings is 1. The molecule has 0 aromatic carbocycles. The molecule has 1 heterocycles. The molecule has 0 saturated heterocycles. The Balaban J connectivity index is 2.97. The van der Waals surface area contributed by atoms with Crippen LogP contribution in [0.5, 0.6) is 0 Å². The van der Waals surface area contributed by atoms with Crippen molar-refractivity contribution < 1.29 is 8.42 Å². The molecule has 1 aromatic heterocycles. The Morgan fingerprint density at radius 3 is 2.48 bits per heavy atom. The van der Waals surface area contributed by atoms with Gasteiger partial charge in [0.1, 0.15) is 10.7 Å².